The van der Waals surface area contributed by atoms with E-state index in [1.54, 1.807) is 24.5 Å². The summed E-state index contributed by atoms with van der Waals surface area (Å²) in [7, 11) is -0.0264. The van der Waals surface area contributed by atoms with Crippen LogP contribution in [0.5, 0.6) is 0 Å². The van der Waals surface area contributed by atoms with E-state index in [0.29, 0.717) is 16.3 Å². The highest BCUT2D eigenvalue weighted by Gasteiger charge is 2.21. The van der Waals surface area contributed by atoms with E-state index in [9.17, 15) is 13.2 Å². The average Bonchev–Trinajstić information content (AvgIpc) is 3.52. The first-order valence-corrected chi connectivity index (χ1v) is 11.8. The number of nitrogens with one attached hydrogen (secondary N) is 1. The number of furan rings is 1. The van der Waals surface area contributed by atoms with Crippen molar-refractivity contribution < 1.29 is 17.6 Å². The van der Waals surface area contributed by atoms with Gasteiger partial charge in [0.05, 0.1) is 22.8 Å². The second-order valence-electron chi connectivity index (χ2n) is 6.69. The molecule has 0 aliphatic carbocycles. The van der Waals surface area contributed by atoms with Crippen LogP contribution in [0, 0.1) is 11.3 Å². The van der Waals surface area contributed by atoms with Crippen molar-refractivity contribution in [1.82, 2.24) is 14.7 Å². The highest BCUT2D eigenvalue weighted by atomic mass is 32.2. The molecule has 33 heavy (non-hydrogen) atoms. The molecule has 0 atom stereocenters. The lowest BCUT2D eigenvalue weighted by atomic mass is 10.2. The van der Waals surface area contributed by atoms with Crippen molar-refractivity contribution in [3.63, 3.8) is 0 Å². The molecule has 0 saturated heterocycles. The van der Waals surface area contributed by atoms with Crippen LogP contribution >= 0.6 is 11.3 Å². The normalized spacial score (nSPS) is 10.5. The molecular weight excluding hydrogens is 462 g/mol. The van der Waals surface area contributed by atoms with Gasteiger partial charge < -0.3 is 9.32 Å². The summed E-state index contributed by atoms with van der Waals surface area (Å²) < 4.78 is 31.5. The lowest BCUT2D eigenvalue weighted by Gasteiger charge is -2.10. The fourth-order valence-corrected chi connectivity index (χ4v) is 4.20. The number of hydrogen-bond donors (Lipinski definition) is 1. The number of hydrogen-bond acceptors (Lipinski definition) is 9. The lowest BCUT2D eigenvalue weighted by molar-refractivity contribution is 0.0977. The number of sulfonamides is 1. The third kappa shape index (κ3) is 6.25. The first-order chi connectivity index (χ1) is 15.8. The summed E-state index contributed by atoms with van der Waals surface area (Å²) in [6, 6.07) is 14.4. The molecule has 0 aliphatic rings. The zero-order valence-electron chi connectivity index (χ0n) is 17.7. The molecule has 3 heterocycles. The van der Waals surface area contributed by atoms with Crippen LogP contribution in [0.2, 0.25) is 0 Å². The monoisotopic (exact) mass is 481 g/mol. The van der Waals surface area contributed by atoms with Crippen molar-refractivity contribution in [1.29, 1.82) is 5.26 Å². The van der Waals surface area contributed by atoms with E-state index < -0.39 is 15.9 Å². The molecule has 168 valence electrons. The third-order valence-electron chi connectivity index (χ3n) is 4.17. The molecule has 0 radical (unpaired) electrons. The lowest BCUT2D eigenvalue weighted by Crippen LogP contribution is -2.30. The van der Waals surface area contributed by atoms with Gasteiger partial charge in [-0.2, -0.15) is 5.26 Å². The molecule has 4 rings (SSSR count). The maximum Gasteiger partial charge on any atom is 0.284 e. The molecular formula is C22H19N5O4S2. The fourth-order valence-electron chi connectivity index (χ4n) is 2.48. The van der Waals surface area contributed by atoms with Crippen molar-refractivity contribution in [2.24, 2.45) is 0 Å². The Bertz CT molecular complexity index is 1340. The third-order valence-corrected chi connectivity index (χ3v) is 6.37. The minimum atomic E-state index is -4.04. The van der Waals surface area contributed by atoms with Gasteiger partial charge in [-0.3, -0.25) is 9.78 Å². The smallest absolute Gasteiger partial charge is 0.284 e. The molecule has 1 aromatic carbocycles. The Hall–Kier alpha value is -4.01. The number of benzene rings is 1. The van der Waals surface area contributed by atoms with Gasteiger partial charge >= 0.3 is 0 Å². The van der Waals surface area contributed by atoms with Crippen LogP contribution in [0.3, 0.4) is 0 Å². The van der Waals surface area contributed by atoms with Gasteiger partial charge in [0.15, 0.2) is 10.8 Å². The van der Waals surface area contributed by atoms with Crippen LogP contribution in [0.4, 0.5) is 5.69 Å². The number of carbonyl (C=O) groups is 1. The van der Waals surface area contributed by atoms with E-state index >= 15 is 0 Å². The number of nitriles is 1. The van der Waals surface area contributed by atoms with Gasteiger partial charge in [-0.05, 0) is 48.5 Å². The molecule has 0 fully saturated rings. The molecule has 0 unspecified atom stereocenters. The van der Waals surface area contributed by atoms with Gasteiger partial charge in [-0.1, -0.05) is 0 Å². The predicted molar refractivity (Wildman–Crippen MR) is 124 cm³/mol. The standard InChI is InChI=1S/C15H9N3O4S2.C7H10N2/c16-8-10-3-5-11(6-4-10)24(20,21)18-14(19)12-9-23-15(17-12)13-2-1-7-22-13;1-9(2)7-3-5-8-6-4-7/h1-7,9H,(H,18,19);3-6H,1-2H3. The summed E-state index contributed by atoms with van der Waals surface area (Å²) in [4.78, 5) is 22.0. The van der Waals surface area contributed by atoms with Gasteiger partial charge in [-0.15, -0.1) is 11.3 Å². The van der Waals surface area contributed by atoms with E-state index in [-0.39, 0.29) is 10.6 Å². The second kappa shape index (κ2) is 10.5. The Morgan fingerprint density at radius 2 is 1.82 bits per heavy atom. The Morgan fingerprint density at radius 1 is 1.12 bits per heavy atom. The summed E-state index contributed by atoms with van der Waals surface area (Å²) in [5.74, 6) is -0.345. The van der Waals surface area contributed by atoms with Crippen molar-refractivity contribution in [2.45, 2.75) is 4.90 Å². The Balaban J connectivity index is 0.000000286. The molecule has 1 amide bonds. The largest absolute Gasteiger partial charge is 0.462 e. The topological polar surface area (TPSA) is 129 Å². The van der Waals surface area contributed by atoms with Gasteiger partial charge in [0.25, 0.3) is 15.9 Å². The quantitative estimate of drug-likeness (QED) is 0.458. The number of thiazole rings is 1. The molecule has 0 bridgehead atoms. The summed E-state index contributed by atoms with van der Waals surface area (Å²) in [6.45, 7) is 0. The maximum atomic E-state index is 12.2. The van der Waals surface area contributed by atoms with E-state index in [2.05, 4.69) is 9.97 Å². The van der Waals surface area contributed by atoms with Crippen molar-refractivity contribution in [2.75, 3.05) is 19.0 Å². The van der Waals surface area contributed by atoms with Crippen LogP contribution in [-0.4, -0.2) is 38.4 Å². The minimum Gasteiger partial charge on any atom is -0.462 e. The van der Waals surface area contributed by atoms with E-state index in [0.717, 1.165) is 0 Å². The zero-order valence-corrected chi connectivity index (χ0v) is 19.3. The van der Waals surface area contributed by atoms with Crippen LogP contribution in [0.1, 0.15) is 16.1 Å². The number of rotatable bonds is 5. The van der Waals surface area contributed by atoms with Crippen molar-refractivity contribution in [3.8, 4) is 16.8 Å². The Kier molecular flexibility index (Phi) is 7.55. The summed E-state index contributed by atoms with van der Waals surface area (Å²) in [5, 5.41) is 10.6. The number of carbonyl (C=O) groups excluding carboxylic acids is 1. The van der Waals surface area contributed by atoms with Crippen LogP contribution < -0.4 is 9.62 Å². The van der Waals surface area contributed by atoms with Gasteiger partial charge in [-0.25, -0.2) is 18.1 Å². The summed E-state index contributed by atoms with van der Waals surface area (Å²) in [6.07, 6.45) is 5.05. The van der Waals surface area contributed by atoms with E-state index in [1.165, 1.54) is 52.9 Å². The molecule has 0 saturated carbocycles. The van der Waals surface area contributed by atoms with Crippen molar-refractivity contribution >= 4 is 33.0 Å². The Morgan fingerprint density at radius 3 is 2.36 bits per heavy atom. The van der Waals surface area contributed by atoms with Gasteiger partial charge in [0, 0.05) is 37.6 Å². The molecule has 4 aromatic rings. The fraction of sp³-hybridized carbons (Fsp3) is 0.0909. The SMILES string of the molecule is CN(C)c1ccncc1.N#Cc1ccc(S(=O)(=O)NC(=O)c2csc(-c3ccco3)n2)cc1. The number of amides is 1. The maximum absolute atomic E-state index is 12.2. The zero-order chi connectivity index (χ0) is 23.8. The molecule has 11 heteroatoms. The summed E-state index contributed by atoms with van der Waals surface area (Å²) in [5.41, 5.74) is 1.48. The van der Waals surface area contributed by atoms with Gasteiger partial charge in [0.2, 0.25) is 0 Å². The van der Waals surface area contributed by atoms with E-state index in [4.69, 9.17) is 9.68 Å². The average molecular weight is 482 g/mol. The molecule has 9 nitrogen and oxygen atoms in total. The second-order valence-corrected chi connectivity index (χ2v) is 9.23. The first kappa shape index (κ1) is 23.6. The molecule has 3 aromatic heterocycles. The molecule has 0 aliphatic heterocycles. The molecule has 0 spiro atoms. The number of nitrogens with zero attached hydrogens (tertiary/aromatic N) is 4. The minimum absolute atomic E-state index is 0.0244. The highest BCUT2D eigenvalue weighted by Crippen LogP contribution is 2.24. The van der Waals surface area contributed by atoms with Gasteiger partial charge in [0.1, 0.15) is 5.69 Å². The van der Waals surface area contributed by atoms with Crippen LogP contribution in [0.15, 0.2) is 81.9 Å². The number of pyridine rings is 1. The van der Waals surface area contributed by atoms with E-state index in [1.807, 2.05) is 41.9 Å². The predicted octanol–water partition coefficient (Wildman–Crippen LogP) is 3.54. The van der Waals surface area contributed by atoms with Crippen LogP contribution in [-0.2, 0) is 10.0 Å². The number of anilines is 1. The Labute approximate surface area is 195 Å². The van der Waals surface area contributed by atoms with Crippen LogP contribution in [0.25, 0.3) is 10.8 Å². The highest BCUT2D eigenvalue weighted by molar-refractivity contribution is 7.90. The first-order valence-electron chi connectivity index (χ1n) is 9.44. The number of aromatic nitrogens is 2. The molecule has 1 N–H and O–H groups in total. The van der Waals surface area contributed by atoms with Crippen molar-refractivity contribution in [3.05, 3.63) is 83.8 Å². The summed E-state index contributed by atoms with van der Waals surface area (Å²) >= 11 is 1.17.